The summed E-state index contributed by atoms with van der Waals surface area (Å²) in [6, 6.07) is 57.8. The molecule has 0 aliphatic carbocycles. The summed E-state index contributed by atoms with van der Waals surface area (Å²) < 4.78 is 4.73. The number of para-hydroxylation sites is 1. The zero-order valence-corrected chi connectivity index (χ0v) is 26.0. The Morgan fingerprint density at radius 3 is 1.77 bits per heavy atom. The van der Waals surface area contributed by atoms with Gasteiger partial charge in [-0.3, -0.25) is 0 Å². The summed E-state index contributed by atoms with van der Waals surface area (Å²) in [7, 11) is 0. The van der Waals surface area contributed by atoms with E-state index >= 15 is 0 Å². The largest absolute Gasteiger partial charge is 0.316 e. The van der Waals surface area contributed by atoms with Crippen molar-refractivity contribution in [1.29, 1.82) is 0 Å². The van der Waals surface area contributed by atoms with Crippen molar-refractivity contribution >= 4 is 43.5 Å². The zero-order valence-electron chi connectivity index (χ0n) is 26.0. The quantitative estimate of drug-likeness (QED) is 0.181. The van der Waals surface area contributed by atoms with E-state index < -0.39 is 0 Å². The minimum absolute atomic E-state index is 0.700. The molecule has 4 heteroatoms. The highest BCUT2D eigenvalue weighted by Gasteiger charge is 2.21. The monoisotopic (exact) mass is 612 g/mol. The van der Waals surface area contributed by atoms with E-state index in [0.717, 1.165) is 39.5 Å². The highest BCUT2D eigenvalue weighted by molar-refractivity contribution is 6.30. The van der Waals surface area contributed by atoms with Crippen molar-refractivity contribution in [3.05, 3.63) is 170 Å². The van der Waals surface area contributed by atoms with Gasteiger partial charge in [0.05, 0.1) is 27.9 Å². The van der Waals surface area contributed by atoms with Crippen LogP contribution < -0.4 is 0 Å². The number of benzene rings is 7. The Labute approximate surface area is 277 Å². The van der Waals surface area contributed by atoms with Gasteiger partial charge in [0.25, 0.3) is 0 Å². The molecule has 0 fully saturated rings. The first kappa shape index (κ1) is 26.7. The van der Waals surface area contributed by atoms with Crippen LogP contribution >= 0.6 is 0 Å². The van der Waals surface area contributed by atoms with E-state index in [1.807, 2.05) is 12.1 Å². The maximum absolute atomic E-state index is 5.14. The molecule has 48 heavy (non-hydrogen) atoms. The summed E-state index contributed by atoms with van der Waals surface area (Å²) >= 11 is 0. The van der Waals surface area contributed by atoms with Crippen molar-refractivity contribution in [1.82, 2.24) is 19.1 Å². The third kappa shape index (κ3) is 4.10. The lowest BCUT2D eigenvalue weighted by Gasteiger charge is -2.13. The van der Waals surface area contributed by atoms with Gasteiger partial charge in [-0.1, -0.05) is 115 Å². The highest BCUT2D eigenvalue weighted by atomic mass is 15.0. The fraction of sp³-hybridized carbons (Fsp3) is 0. The van der Waals surface area contributed by atoms with Gasteiger partial charge in [0.2, 0.25) is 0 Å². The van der Waals surface area contributed by atoms with Gasteiger partial charge in [-0.25, -0.2) is 9.97 Å². The lowest BCUT2D eigenvalue weighted by atomic mass is 10.0. The summed E-state index contributed by atoms with van der Waals surface area (Å²) in [5, 5.41) is 6.28. The molecule has 0 saturated carbocycles. The fourth-order valence-corrected chi connectivity index (χ4v) is 7.32. The van der Waals surface area contributed by atoms with Crippen LogP contribution in [0.5, 0.6) is 0 Å². The predicted octanol–water partition coefficient (Wildman–Crippen LogP) is 11.1. The van der Waals surface area contributed by atoms with Crippen LogP contribution in [0.4, 0.5) is 0 Å². The van der Waals surface area contributed by atoms with Crippen LogP contribution in [-0.2, 0) is 0 Å². The lowest BCUT2D eigenvalue weighted by molar-refractivity contribution is 1.13. The minimum Gasteiger partial charge on any atom is -0.316 e. The van der Waals surface area contributed by atoms with E-state index in [2.05, 4.69) is 167 Å². The first-order chi connectivity index (χ1) is 23.8. The molecule has 10 aromatic rings. The van der Waals surface area contributed by atoms with Crippen LogP contribution in [0.15, 0.2) is 170 Å². The third-order valence-electron chi connectivity index (χ3n) is 9.49. The molecular formula is C44H28N4. The number of rotatable bonds is 5. The molecule has 0 aliphatic heterocycles. The maximum atomic E-state index is 5.14. The molecule has 0 saturated heterocycles. The van der Waals surface area contributed by atoms with Gasteiger partial charge in [0, 0.05) is 50.4 Å². The Morgan fingerprint density at radius 1 is 0.417 bits per heavy atom. The van der Waals surface area contributed by atoms with E-state index in [-0.39, 0.29) is 0 Å². The molecular weight excluding hydrogens is 585 g/mol. The fourth-order valence-electron chi connectivity index (χ4n) is 7.32. The molecule has 0 aliphatic rings. The Bertz CT molecular complexity index is 2700. The SMILES string of the molecule is c1ccc(-c2cc(-c3ccccc3)nc(-c3cccc(-n4c5cccc6ccc7cc8c(ccn8-c8ccccc8)c4c7c65)c3)n2)cc1. The first-order valence-corrected chi connectivity index (χ1v) is 16.3. The zero-order chi connectivity index (χ0) is 31.6. The molecule has 3 aromatic heterocycles. The second-order valence-electron chi connectivity index (χ2n) is 12.3. The average molecular weight is 613 g/mol. The molecule has 0 bridgehead atoms. The van der Waals surface area contributed by atoms with Gasteiger partial charge in [-0.15, -0.1) is 0 Å². The summed E-state index contributed by atoms with van der Waals surface area (Å²) in [4.78, 5) is 10.3. The van der Waals surface area contributed by atoms with Crippen LogP contribution in [0, 0.1) is 0 Å². The Hall–Kier alpha value is -6.52. The molecule has 0 unspecified atom stereocenters. The molecule has 0 spiro atoms. The van der Waals surface area contributed by atoms with Gasteiger partial charge in [-0.05, 0) is 59.3 Å². The van der Waals surface area contributed by atoms with Crippen LogP contribution in [0.2, 0.25) is 0 Å². The van der Waals surface area contributed by atoms with Crippen LogP contribution in [0.3, 0.4) is 0 Å². The van der Waals surface area contributed by atoms with Gasteiger partial charge < -0.3 is 9.13 Å². The molecule has 4 nitrogen and oxygen atoms in total. The van der Waals surface area contributed by atoms with Gasteiger partial charge >= 0.3 is 0 Å². The number of hydrogen-bond donors (Lipinski definition) is 0. The van der Waals surface area contributed by atoms with Crippen molar-refractivity contribution < 1.29 is 0 Å². The maximum Gasteiger partial charge on any atom is 0.160 e. The van der Waals surface area contributed by atoms with Crippen molar-refractivity contribution in [2.45, 2.75) is 0 Å². The molecule has 0 atom stereocenters. The topological polar surface area (TPSA) is 35.6 Å². The van der Waals surface area contributed by atoms with Crippen molar-refractivity contribution in [3.8, 4) is 45.3 Å². The van der Waals surface area contributed by atoms with Crippen molar-refractivity contribution in [2.75, 3.05) is 0 Å². The van der Waals surface area contributed by atoms with E-state index in [0.29, 0.717) is 5.82 Å². The van der Waals surface area contributed by atoms with E-state index in [1.165, 1.54) is 43.5 Å². The van der Waals surface area contributed by atoms with E-state index in [9.17, 15) is 0 Å². The first-order valence-electron chi connectivity index (χ1n) is 16.3. The Kier molecular flexibility index (Phi) is 5.84. The van der Waals surface area contributed by atoms with E-state index in [1.54, 1.807) is 0 Å². The van der Waals surface area contributed by atoms with Crippen molar-refractivity contribution in [3.63, 3.8) is 0 Å². The molecule has 0 N–H and O–H groups in total. The third-order valence-corrected chi connectivity index (χ3v) is 9.49. The Morgan fingerprint density at radius 2 is 1.04 bits per heavy atom. The number of fused-ring (bicyclic) bond motifs is 2. The predicted molar refractivity (Wildman–Crippen MR) is 198 cm³/mol. The van der Waals surface area contributed by atoms with Crippen LogP contribution in [0.1, 0.15) is 0 Å². The summed E-state index contributed by atoms with van der Waals surface area (Å²) in [5.41, 5.74) is 10.7. The molecule has 0 radical (unpaired) electrons. The Balaban J connectivity index is 1.23. The van der Waals surface area contributed by atoms with Crippen LogP contribution in [0.25, 0.3) is 88.8 Å². The molecule has 7 aromatic carbocycles. The van der Waals surface area contributed by atoms with Crippen molar-refractivity contribution in [2.24, 2.45) is 0 Å². The number of aromatic nitrogens is 4. The van der Waals surface area contributed by atoms with Gasteiger partial charge in [0.1, 0.15) is 0 Å². The standard InChI is InChI=1S/C44H28N4/c1-4-12-29(13-5-1)37-28-38(30-14-6-2-7-15-30)46-44(45-37)33-17-10-20-35(26-33)48-39-21-11-16-31-22-23-32-27-40-36(43(48)42(32)41(31)39)24-25-47(40)34-18-8-3-9-19-34/h1-28H. The van der Waals surface area contributed by atoms with Gasteiger partial charge in [0.15, 0.2) is 5.82 Å². The summed E-state index contributed by atoms with van der Waals surface area (Å²) in [6.07, 6.45) is 2.19. The number of nitrogens with zero attached hydrogens (tertiary/aromatic N) is 4. The smallest absolute Gasteiger partial charge is 0.160 e. The van der Waals surface area contributed by atoms with Crippen LogP contribution in [-0.4, -0.2) is 19.1 Å². The summed E-state index contributed by atoms with van der Waals surface area (Å²) in [5.74, 6) is 0.700. The molecule has 224 valence electrons. The lowest BCUT2D eigenvalue weighted by Crippen LogP contribution is -1.98. The second kappa shape index (κ2) is 10.5. The number of hydrogen-bond acceptors (Lipinski definition) is 2. The highest BCUT2D eigenvalue weighted by Crippen LogP contribution is 2.43. The minimum atomic E-state index is 0.700. The molecule has 10 rings (SSSR count). The molecule has 0 amide bonds. The molecule has 3 heterocycles. The second-order valence-corrected chi connectivity index (χ2v) is 12.3. The van der Waals surface area contributed by atoms with E-state index in [4.69, 9.17) is 9.97 Å². The summed E-state index contributed by atoms with van der Waals surface area (Å²) in [6.45, 7) is 0. The normalized spacial score (nSPS) is 11.8. The van der Waals surface area contributed by atoms with Gasteiger partial charge in [-0.2, -0.15) is 0 Å². The average Bonchev–Trinajstić information content (AvgIpc) is 3.75.